The zero-order valence-electron chi connectivity index (χ0n) is 12.3. The fourth-order valence-electron chi connectivity index (χ4n) is 2.68. The van der Waals surface area contributed by atoms with Crippen molar-refractivity contribution in [2.24, 2.45) is 0 Å². The Bertz CT molecular complexity index is 721. The van der Waals surface area contributed by atoms with Crippen LogP contribution in [-0.4, -0.2) is 13.1 Å². The first kappa shape index (κ1) is 15.1. The number of rotatable bonds is 3. The molecule has 1 aliphatic rings. The molecule has 0 radical (unpaired) electrons. The summed E-state index contributed by atoms with van der Waals surface area (Å²) in [4.78, 5) is 3.55. The molecule has 1 saturated heterocycles. The molecule has 2 heterocycles. The van der Waals surface area contributed by atoms with E-state index in [0.29, 0.717) is 10.6 Å². The van der Waals surface area contributed by atoms with Crippen LogP contribution in [0.15, 0.2) is 36.4 Å². The standard InChI is InChI=1S/C18H17ClN2S/c19-16-6-4-5-14(11-16)15(13-20)12-17-7-8-18(22-17)21-9-2-1-3-10-21/h4-8,11-12H,1-3,9-10H2/b15-12+. The largest absolute Gasteiger partial charge is 0.363 e. The summed E-state index contributed by atoms with van der Waals surface area (Å²) in [6, 6.07) is 14.0. The molecule has 3 rings (SSSR count). The SMILES string of the molecule is N#C/C(=C\c1ccc(N2CCCCC2)s1)c1cccc(Cl)c1. The van der Waals surface area contributed by atoms with Gasteiger partial charge in [0, 0.05) is 23.0 Å². The summed E-state index contributed by atoms with van der Waals surface area (Å²) in [6.45, 7) is 2.28. The van der Waals surface area contributed by atoms with E-state index in [-0.39, 0.29) is 0 Å². The van der Waals surface area contributed by atoms with E-state index in [1.807, 2.05) is 30.3 Å². The molecule has 0 N–H and O–H groups in total. The van der Waals surface area contributed by atoms with Gasteiger partial charge in [0.15, 0.2) is 0 Å². The number of hydrogen-bond acceptors (Lipinski definition) is 3. The highest BCUT2D eigenvalue weighted by molar-refractivity contribution is 7.17. The van der Waals surface area contributed by atoms with Gasteiger partial charge in [0.05, 0.1) is 16.6 Å². The first-order valence-electron chi connectivity index (χ1n) is 7.49. The monoisotopic (exact) mass is 328 g/mol. The maximum Gasteiger partial charge on any atom is 0.0998 e. The van der Waals surface area contributed by atoms with Gasteiger partial charge < -0.3 is 4.90 Å². The van der Waals surface area contributed by atoms with E-state index >= 15 is 0 Å². The maximum absolute atomic E-state index is 9.42. The van der Waals surface area contributed by atoms with Gasteiger partial charge >= 0.3 is 0 Å². The highest BCUT2D eigenvalue weighted by atomic mass is 35.5. The second-order valence-corrected chi connectivity index (χ2v) is 6.93. The highest BCUT2D eigenvalue weighted by Gasteiger charge is 2.12. The van der Waals surface area contributed by atoms with Crippen molar-refractivity contribution in [3.63, 3.8) is 0 Å². The molecule has 22 heavy (non-hydrogen) atoms. The molecule has 1 fully saturated rings. The summed E-state index contributed by atoms with van der Waals surface area (Å²) >= 11 is 7.76. The number of anilines is 1. The van der Waals surface area contributed by atoms with E-state index in [4.69, 9.17) is 11.6 Å². The van der Waals surface area contributed by atoms with Crippen molar-refractivity contribution in [2.75, 3.05) is 18.0 Å². The minimum absolute atomic E-state index is 0.648. The van der Waals surface area contributed by atoms with Crippen LogP contribution in [0.5, 0.6) is 0 Å². The molecular weight excluding hydrogens is 312 g/mol. The van der Waals surface area contributed by atoms with Crippen LogP contribution in [0, 0.1) is 11.3 Å². The summed E-state index contributed by atoms with van der Waals surface area (Å²) in [5.74, 6) is 0. The molecule has 2 nitrogen and oxygen atoms in total. The van der Waals surface area contributed by atoms with Crippen molar-refractivity contribution in [3.05, 3.63) is 51.9 Å². The van der Waals surface area contributed by atoms with Crippen molar-refractivity contribution >= 4 is 39.6 Å². The third-order valence-electron chi connectivity index (χ3n) is 3.82. The predicted molar refractivity (Wildman–Crippen MR) is 95.3 cm³/mol. The van der Waals surface area contributed by atoms with E-state index < -0.39 is 0 Å². The van der Waals surface area contributed by atoms with Gasteiger partial charge in [0.25, 0.3) is 0 Å². The molecule has 4 heteroatoms. The van der Waals surface area contributed by atoms with Gasteiger partial charge in [-0.05, 0) is 55.2 Å². The summed E-state index contributed by atoms with van der Waals surface area (Å²) in [5.41, 5.74) is 1.51. The van der Waals surface area contributed by atoms with Crippen LogP contribution in [0.4, 0.5) is 5.00 Å². The summed E-state index contributed by atoms with van der Waals surface area (Å²) < 4.78 is 0. The van der Waals surface area contributed by atoms with Crippen LogP contribution in [-0.2, 0) is 0 Å². The number of allylic oxidation sites excluding steroid dienone is 1. The van der Waals surface area contributed by atoms with E-state index in [2.05, 4.69) is 23.1 Å². The smallest absolute Gasteiger partial charge is 0.0998 e. The van der Waals surface area contributed by atoms with Crippen molar-refractivity contribution < 1.29 is 0 Å². The second-order valence-electron chi connectivity index (χ2n) is 5.40. The third-order valence-corrected chi connectivity index (χ3v) is 5.15. The molecule has 0 amide bonds. The second kappa shape index (κ2) is 7.00. The van der Waals surface area contributed by atoms with E-state index in [1.165, 1.54) is 24.3 Å². The number of benzene rings is 1. The Balaban J connectivity index is 1.84. The molecular formula is C18H17ClN2S. The Morgan fingerprint density at radius 3 is 2.73 bits per heavy atom. The molecule has 0 unspecified atom stereocenters. The summed E-state index contributed by atoms with van der Waals surface area (Å²) in [7, 11) is 0. The van der Waals surface area contributed by atoms with Crippen molar-refractivity contribution in [3.8, 4) is 6.07 Å². The predicted octanol–water partition coefficient (Wildman–Crippen LogP) is 5.46. The number of halogens is 1. The number of nitriles is 1. The average Bonchev–Trinajstić information content (AvgIpc) is 3.02. The lowest BCUT2D eigenvalue weighted by Gasteiger charge is -2.27. The molecule has 0 atom stereocenters. The molecule has 1 aromatic heterocycles. The number of nitrogens with zero attached hydrogens (tertiary/aromatic N) is 2. The molecule has 1 aromatic carbocycles. The van der Waals surface area contributed by atoms with Crippen LogP contribution in [0.2, 0.25) is 5.02 Å². The lowest BCUT2D eigenvalue weighted by atomic mass is 10.1. The van der Waals surface area contributed by atoms with Gasteiger partial charge in [-0.2, -0.15) is 5.26 Å². The molecule has 2 aromatic rings. The first-order chi connectivity index (χ1) is 10.8. The fourth-order valence-corrected chi connectivity index (χ4v) is 3.87. The molecule has 1 aliphatic heterocycles. The molecule has 0 bridgehead atoms. The molecule has 0 saturated carbocycles. The van der Waals surface area contributed by atoms with Gasteiger partial charge in [-0.15, -0.1) is 11.3 Å². The number of hydrogen-bond donors (Lipinski definition) is 0. The maximum atomic E-state index is 9.42. The van der Waals surface area contributed by atoms with Gasteiger partial charge in [0.1, 0.15) is 0 Å². The average molecular weight is 329 g/mol. The van der Waals surface area contributed by atoms with Crippen LogP contribution in [0.1, 0.15) is 29.7 Å². The van der Waals surface area contributed by atoms with Crippen LogP contribution in [0.25, 0.3) is 11.6 Å². The Morgan fingerprint density at radius 1 is 1.18 bits per heavy atom. The molecule has 0 spiro atoms. The number of piperidine rings is 1. The van der Waals surface area contributed by atoms with Crippen molar-refractivity contribution in [1.29, 1.82) is 5.26 Å². The lowest BCUT2D eigenvalue weighted by molar-refractivity contribution is 0.580. The first-order valence-corrected chi connectivity index (χ1v) is 8.68. The van der Waals surface area contributed by atoms with Crippen LogP contribution >= 0.6 is 22.9 Å². The van der Waals surface area contributed by atoms with Gasteiger partial charge in [-0.3, -0.25) is 0 Å². The highest BCUT2D eigenvalue weighted by Crippen LogP contribution is 2.31. The van der Waals surface area contributed by atoms with E-state index in [1.54, 1.807) is 11.3 Å². The minimum atomic E-state index is 0.648. The normalized spacial score (nSPS) is 15.6. The van der Waals surface area contributed by atoms with Crippen molar-refractivity contribution in [2.45, 2.75) is 19.3 Å². The van der Waals surface area contributed by atoms with Crippen LogP contribution < -0.4 is 4.90 Å². The quantitative estimate of drug-likeness (QED) is 0.700. The fraction of sp³-hybridized carbons (Fsp3) is 0.278. The summed E-state index contributed by atoms with van der Waals surface area (Å²) in [5, 5.41) is 11.4. The Morgan fingerprint density at radius 2 is 2.00 bits per heavy atom. The Hall–Kier alpha value is -1.76. The van der Waals surface area contributed by atoms with Crippen LogP contribution in [0.3, 0.4) is 0 Å². The zero-order chi connectivity index (χ0) is 15.4. The van der Waals surface area contributed by atoms with Gasteiger partial charge in [0.2, 0.25) is 0 Å². The minimum Gasteiger partial charge on any atom is -0.363 e. The Labute approximate surface area is 140 Å². The lowest BCUT2D eigenvalue weighted by Crippen LogP contribution is -2.28. The van der Waals surface area contributed by atoms with Gasteiger partial charge in [-0.1, -0.05) is 23.7 Å². The number of thiophene rings is 1. The summed E-state index contributed by atoms with van der Waals surface area (Å²) in [6.07, 6.45) is 5.83. The zero-order valence-corrected chi connectivity index (χ0v) is 13.8. The topological polar surface area (TPSA) is 27.0 Å². The van der Waals surface area contributed by atoms with E-state index in [0.717, 1.165) is 23.5 Å². The van der Waals surface area contributed by atoms with E-state index in [9.17, 15) is 5.26 Å². The third kappa shape index (κ3) is 3.52. The van der Waals surface area contributed by atoms with Gasteiger partial charge in [-0.25, -0.2) is 0 Å². The van der Waals surface area contributed by atoms with Crippen molar-refractivity contribution in [1.82, 2.24) is 0 Å². The molecule has 0 aliphatic carbocycles. The Kier molecular flexibility index (Phi) is 4.82. The molecule has 112 valence electrons.